The number of nitrogens with zero attached hydrogens (tertiary/aromatic N) is 1. The van der Waals surface area contributed by atoms with Crippen molar-refractivity contribution < 1.29 is 14.3 Å². The number of methoxy groups -OCH3 is 1. The summed E-state index contributed by atoms with van der Waals surface area (Å²) in [5.41, 5.74) is 4.47. The summed E-state index contributed by atoms with van der Waals surface area (Å²) in [6, 6.07) is 12.6. The van der Waals surface area contributed by atoms with Gasteiger partial charge in [-0.3, -0.25) is 4.79 Å². The minimum absolute atomic E-state index is 0.226. The van der Waals surface area contributed by atoms with Crippen LogP contribution < -0.4 is 9.47 Å². The van der Waals surface area contributed by atoms with Crippen LogP contribution in [0.4, 0.5) is 0 Å². The third-order valence-corrected chi connectivity index (χ3v) is 4.94. The lowest BCUT2D eigenvalue weighted by Crippen LogP contribution is -2.33. The number of ether oxygens (including phenoxy) is 2. The number of hydrogen-bond acceptors (Lipinski definition) is 3. The number of aryl methyl sites for hydroxylation is 1. The summed E-state index contributed by atoms with van der Waals surface area (Å²) in [4.78, 5) is 14.4. The third-order valence-electron chi connectivity index (χ3n) is 4.94. The lowest BCUT2D eigenvalue weighted by atomic mass is 10.0. The van der Waals surface area contributed by atoms with E-state index >= 15 is 0 Å². The van der Waals surface area contributed by atoms with Gasteiger partial charge in [0.05, 0.1) is 13.7 Å². The standard InChI is InChI=1S/C21H23NO3/c1-14-3-5-15(6-4-14)17-11-18-13-22(21(23)16-7-8-16)9-10-25-20(18)19(12-17)24-2/h3-6,11-12,16H,7-10,13H2,1-2H3. The predicted molar refractivity (Wildman–Crippen MR) is 96.8 cm³/mol. The van der Waals surface area contributed by atoms with Crippen molar-refractivity contribution in [1.29, 1.82) is 0 Å². The van der Waals surface area contributed by atoms with Crippen LogP contribution in [0.3, 0.4) is 0 Å². The van der Waals surface area contributed by atoms with Crippen LogP contribution in [0.25, 0.3) is 11.1 Å². The molecule has 2 aromatic rings. The Kier molecular flexibility index (Phi) is 4.12. The van der Waals surface area contributed by atoms with E-state index in [4.69, 9.17) is 9.47 Å². The lowest BCUT2D eigenvalue weighted by molar-refractivity contribution is -0.133. The van der Waals surface area contributed by atoms with E-state index in [-0.39, 0.29) is 11.8 Å². The minimum Gasteiger partial charge on any atom is -0.493 e. The van der Waals surface area contributed by atoms with Gasteiger partial charge in [0.1, 0.15) is 6.61 Å². The zero-order valence-corrected chi connectivity index (χ0v) is 14.7. The third kappa shape index (κ3) is 3.21. The first-order valence-corrected chi connectivity index (χ1v) is 8.85. The number of hydrogen-bond donors (Lipinski definition) is 0. The summed E-state index contributed by atoms with van der Waals surface area (Å²) in [5, 5.41) is 0. The fourth-order valence-corrected chi connectivity index (χ4v) is 3.32. The molecule has 4 rings (SSSR count). The average Bonchev–Trinajstić information content (AvgIpc) is 3.47. The molecule has 0 N–H and O–H groups in total. The molecule has 1 saturated carbocycles. The number of fused-ring (bicyclic) bond motifs is 1. The van der Waals surface area contributed by atoms with Gasteiger partial charge in [0, 0.05) is 18.0 Å². The SMILES string of the molecule is COc1cc(-c2ccc(C)cc2)cc2c1OCCN(C(=O)C1CC1)C2. The molecule has 0 atom stereocenters. The number of benzene rings is 2. The van der Waals surface area contributed by atoms with E-state index in [2.05, 4.69) is 37.3 Å². The van der Waals surface area contributed by atoms with Crippen molar-refractivity contribution >= 4 is 5.91 Å². The van der Waals surface area contributed by atoms with Crippen LogP contribution in [-0.4, -0.2) is 31.1 Å². The number of rotatable bonds is 3. The van der Waals surface area contributed by atoms with Crippen molar-refractivity contribution in [3.05, 3.63) is 47.5 Å². The molecule has 0 radical (unpaired) electrons. The van der Waals surface area contributed by atoms with Gasteiger partial charge in [0.2, 0.25) is 5.91 Å². The molecule has 4 heteroatoms. The molecule has 1 amide bonds. The zero-order valence-electron chi connectivity index (χ0n) is 14.7. The second-order valence-corrected chi connectivity index (χ2v) is 6.92. The van der Waals surface area contributed by atoms with E-state index in [0.717, 1.165) is 41.0 Å². The maximum absolute atomic E-state index is 12.5. The van der Waals surface area contributed by atoms with Gasteiger partial charge in [0.15, 0.2) is 11.5 Å². The van der Waals surface area contributed by atoms with Gasteiger partial charge in [-0.25, -0.2) is 0 Å². The van der Waals surface area contributed by atoms with Crippen LogP contribution in [0, 0.1) is 12.8 Å². The molecule has 0 spiro atoms. The summed E-state index contributed by atoms with van der Waals surface area (Å²) in [6.07, 6.45) is 2.05. The highest BCUT2D eigenvalue weighted by atomic mass is 16.5. The average molecular weight is 337 g/mol. The molecular weight excluding hydrogens is 314 g/mol. The van der Waals surface area contributed by atoms with Gasteiger partial charge in [-0.2, -0.15) is 0 Å². The van der Waals surface area contributed by atoms with E-state index in [1.165, 1.54) is 5.56 Å². The van der Waals surface area contributed by atoms with E-state index in [1.54, 1.807) is 7.11 Å². The molecule has 25 heavy (non-hydrogen) atoms. The molecule has 0 saturated heterocycles. The van der Waals surface area contributed by atoms with Crippen molar-refractivity contribution in [1.82, 2.24) is 4.90 Å². The molecule has 1 heterocycles. The second-order valence-electron chi connectivity index (χ2n) is 6.92. The Morgan fingerprint density at radius 1 is 1.16 bits per heavy atom. The Balaban J connectivity index is 1.72. The molecule has 2 aliphatic rings. The summed E-state index contributed by atoms with van der Waals surface area (Å²) in [6.45, 7) is 3.80. The molecule has 1 aliphatic carbocycles. The zero-order chi connectivity index (χ0) is 17.4. The summed E-state index contributed by atoms with van der Waals surface area (Å²) >= 11 is 0. The van der Waals surface area contributed by atoms with Gasteiger partial charge in [-0.15, -0.1) is 0 Å². The fraction of sp³-hybridized carbons (Fsp3) is 0.381. The summed E-state index contributed by atoms with van der Waals surface area (Å²) in [5.74, 6) is 1.98. The van der Waals surface area contributed by atoms with Gasteiger partial charge in [0.25, 0.3) is 0 Å². The first-order valence-electron chi connectivity index (χ1n) is 8.85. The maximum atomic E-state index is 12.5. The van der Waals surface area contributed by atoms with E-state index in [9.17, 15) is 4.79 Å². The van der Waals surface area contributed by atoms with Crippen molar-refractivity contribution in [3.63, 3.8) is 0 Å². The quantitative estimate of drug-likeness (QED) is 0.855. The van der Waals surface area contributed by atoms with Crippen LogP contribution in [0.2, 0.25) is 0 Å². The Bertz CT molecular complexity index is 794. The molecule has 0 aromatic heterocycles. The lowest BCUT2D eigenvalue weighted by Gasteiger charge is -2.20. The van der Waals surface area contributed by atoms with Crippen LogP contribution >= 0.6 is 0 Å². The fourth-order valence-electron chi connectivity index (χ4n) is 3.32. The number of amides is 1. The molecule has 4 nitrogen and oxygen atoms in total. The normalized spacial score (nSPS) is 16.6. The molecule has 130 valence electrons. The highest BCUT2D eigenvalue weighted by Gasteiger charge is 2.34. The molecule has 0 unspecified atom stereocenters. The summed E-state index contributed by atoms with van der Waals surface area (Å²) in [7, 11) is 1.66. The second kappa shape index (κ2) is 6.43. The Morgan fingerprint density at radius 3 is 2.60 bits per heavy atom. The van der Waals surface area contributed by atoms with E-state index in [1.807, 2.05) is 11.0 Å². The van der Waals surface area contributed by atoms with Gasteiger partial charge < -0.3 is 14.4 Å². The monoisotopic (exact) mass is 337 g/mol. The van der Waals surface area contributed by atoms with Crippen LogP contribution in [0.5, 0.6) is 11.5 Å². The van der Waals surface area contributed by atoms with E-state index in [0.29, 0.717) is 19.7 Å². The Hall–Kier alpha value is -2.49. The molecular formula is C21H23NO3. The minimum atomic E-state index is 0.226. The molecule has 2 aromatic carbocycles. The maximum Gasteiger partial charge on any atom is 0.226 e. The molecule has 1 fully saturated rings. The number of carbonyl (C=O) groups excluding carboxylic acids is 1. The van der Waals surface area contributed by atoms with Gasteiger partial charge in [-0.05, 0) is 43.0 Å². The highest BCUT2D eigenvalue weighted by Crippen LogP contribution is 2.39. The topological polar surface area (TPSA) is 38.8 Å². The first-order chi connectivity index (χ1) is 12.2. The highest BCUT2D eigenvalue weighted by molar-refractivity contribution is 5.81. The molecule has 1 aliphatic heterocycles. The van der Waals surface area contributed by atoms with Gasteiger partial charge in [-0.1, -0.05) is 29.8 Å². The van der Waals surface area contributed by atoms with Crippen LogP contribution in [0.1, 0.15) is 24.0 Å². The van der Waals surface area contributed by atoms with Crippen molar-refractivity contribution in [2.75, 3.05) is 20.3 Å². The van der Waals surface area contributed by atoms with Crippen molar-refractivity contribution in [3.8, 4) is 22.6 Å². The van der Waals surface area contributed by atoms with Gasteiger partial charge >= 0.3 is 0 Å². The van der Waals surface area contributed by atoms with Crippen LogP contribution in [0.15, 0.2) is 36.4 Å². The predicted octanol–water partition coefficient (Wildman–Crippen LogP) is 3.80. The van der Waals surface area contributed by atoms with Crippen molar-refractivity contribution in [2.24, 2.45) is 5.92 Å². The number of carbonyl (C=O) groups is 1. The first kappa shape index (κ1) is 16.0. The Labute approximate surface area is 148 Å². The van der Waals surface area contributed by atoms with Crippen LogP contribution in [-0.2, 0) is 11.3 Å². The smallest absolute Gasteiger partial charge is 0.226 e. The largest absolute Gasteiger partial charge is 0.493 e. The Morgan fingerprint density at radius 2 is 1.92 bits per heavy atom. The van der Waals surface area contributed by atoms with Crippen molar-refractivity contribution in [2.45, 2.75) is 26.3 Å². The molecule has 0 bridgehead atoms. The summed E-state index contributed by atoms with van der Waals surface area (Å²) < 4.78 is 11.5. The van der Waals surface area contributed by atoms with E-state index < -0.39 is 0 Å².